The summed E-state index contributed by atoms with van der Waals surface area (Å²) < 4.78 is 0.865. The normalized spacial score (nSPS) is 18.3. The summed E-state index contributed by atoms with van der Waals surface area (Å²) in [5.41, 5.74) is 3.02. The lowest BCUT2D eigenvalue weighted by Crippen LogP contribution is -2.29. The first kappa shape index (κ1) is 20.4. The molecule has 2 heterocycles. The molecule has 1 N–H and O–H groups in total. The zero-order chi connectivity index (χ0) is 21.6. The van der Waals surface area contributed by atoms with E-state index < -0.39 is 17.7 Å². The molecule has 1 amide bonds. The highest BCUT2D eigenvalue weighted by Gasteiger charge is 2.48. The zero-order valence-electron chi connectivity index (χ0n) is 16.5. The Morgan fingerprint density at radius 2 is 1.77 bits per heavy atom. The second-order valence-corrected chi connectivity index (χ2v) is 9.22. The van der Waals surface area contributed by atoms with Gasteiger partial charge in [0.15, 0.2) is 0 Å². The van der Waals surface area contributed by atoms with Crippen LogP contribution in [0.4, 0.5) is 5.13 Å². The van der Waals surface area contributed by atoms with Gasteiger partial charge in [-0.2, -0.15) is 0 Å². The van der Waals surface area contributed by atoms with Gasteiger partial charge in [0.1, 0.15) is 10.8 Å². The number of aryl methyl sites for hydroxylation is 3. The first-order valence-electron chi connectivity index (χ1n) is 9.22. The van der Waals surface area contributed by atoms with Crippen molar-refractivity contribution in [3.05, 3.63) is 79.8 Å². The molecule has 1 aliphatic heterocycles. The fourth-order valence-electron chi connectivity index (χ4n) is 3.51. The highest BCUT2D eigenvalue weighted by Crippen LogP contribution is 2.43. The molecule has 8 heteroatoms. The Bertz CT molecular complexity index is 1200. The molecule has 1 atom stereocenters. The third-order valence-corrected chi connectivity index (χ3v) is 6.37. The molecule has 1 saturated heterocycles. The van der Waals surface area contributed by atoms with Gasteiger partial charge >= 0.3 is 5.91 Å². The lowest BCUT2D eigenvalue weighted by Gasteiger charge is -2.22. The number of anilines is 1. The number of hydrogen-bond acceptors (Lipinski definition) is 6. The van der Waals surface area contributed by atoms with E-state index in [0.717, 1.165) is 15.6 Å². The van der Waals surface area contributed by atoms with E-state index in [1.165, 1.54) is 16.2 Å². The lowest BCUT2D eigenvalue weighted by atomic mass is 9.93. The fourth-order valence-corrected chi connectivity index (χ4v) is 4.49. The summed E-state index contributed by atoms with van der Waals surface area (Å²) in [6, 6.07) is 12.1. The summed E-state index contributed by atoms with van der Waals surface area (Å²) in [6.45, 7) is 5.54. The molecule has 1 aromatic heterocycles. The fraction of sp³-hybridized carbons (Fsp3) is 0.182. The number of ketones is 1. The Morgan fingerprint density at radius 3 is 2.40 bits per heavy atom. The van der Waals surface area contributed by atoms with Crippen LogP contribution in [0.25, 0.3) is 5.76 Å². The third kappa shape index (κ3) is 3.46. The largest absolute Gasteiger partial charge is 0.507 e. The van der Waals surface area contributed by atoms with Gasteiger partial charge in [-0.15, -0.1) is 10.2 Å². The molecule has 0 aliphatic carbocycles. The molecule has 0 radical (unpaired) electrons. The van der Waals surface area contributed by atoms with E-state index in [9.17, 15) is 14.7 Å². The van der Waals surface area contributed by atoms with Gasteiger partial charge in [-0.3, -0.25) is 14.5 Å². The minimum absolute atomic E-state index is 0.0453. The van der Waals surface area contributed by atoms with Gasteiger partial charge in [0.25, 0.3) is 5.78 Å². The maximum atomic E-state index is 13.1. The first-order valence-corrected chi connectivity index (χ1v) is 10.8. The lowest BCUT2D eigenvalue weighted by molar-refractivity contribution is -0.132. The van der Waals surface area contributed by atoms with Crippen molar-refractivity contribution < 1.29 is 14.7 Å². The molecule has 0 unspecified atom stereocenters. The monoisotopic (exact) mass is 483 g/mol. The SMILES string of the molecule is Cc1ccc(C)c(C(O)=C2C(=O)C(=O)N(c3nnc(C)s3)[C@@H]2c2ccc(Br)cc2)c1. The molecule has 1 aliphatic rings. The van der Waals surface area contributed by atoms with E-state index in [1.807, 2.05) is 56.3 Å². The Balaban J connectivity index is 1.97. The number of carbonyl (C=O) groups is 2. The van der Waals surface area contributed by atoms with Gasteiger partial charge in [0.05, 0.1) is 11.6 Å². The topological polar surface area (TPSA) is 83.4 Å². The number of amides is 1. The number of aliphatic hydroxyl groups excluding tert-OH is 1. The zero-order valence-corrected chi connectivity index (χ0v) is 18.9. The average molecular weight is 484 g/mol. The van der Waals surface area contributed by atoms with Crippen LogP contribution in [0.5, 0.6) is 0 Å². The summed E-state index contributed by atoms with van der Waals surface area (Å²) in [6.07, 6.45) is 0. The van der Waals surface area contributed by atoms with E-state index in [-0.39, 0.29) is 11.3 Å². The number of halogens is 1. The molecule has 0 saturated carbocycles. The van der Waals surface area contributed by atoms with Crippen molar-refractivity contribution in [3.8, 4) is 0 Å². The van der Waals surface area contributed by atoms with Crippen LogP contribution in [0, 0.1) is 20.8 Å². The Labute approximate surface area is 186 Å². The van der Waals surface area contributed by atoms with Crippen molar-refractivity contribution in [2.45, 2.75) is 26.8 Å². The number of nitrogens with zero attached hydrogens (tertiary/aromatic N) is 3. The predicted octanol–water partition coefficient (Wildman–Crippen LogP) is 4.85. The molecular weight excluding hydrogens is 466 g/mol. The Morgan fingerprint density at radius 1 is 1.07 bits per heavy atom. The number of aliphatic hydroxyl groups is 1. The van der Waals surface area contributed by atoms with Crippen LogP contribution < -0.4 is 4.90 Å². The summed E-state index contributed by atoms with van der Waals surface area (Å²) >= 11 is 4.63. The highest BCUT2D eigenvalue weighted by molar-refractivity contribution is 9.10. The molecule has 0 bridgehead atoms. The van der Waals surface area contributed by atoms with E-state index in [0.29, 0.717) is 21.3 Å². The molecule has 3 aromatic rings. The Hall–Kier alpha value is -2.84. The first-order chi connectivity index (χ1) is 14.3. The highest BCUT2D eigenvalue weighted by atomic mass is 79.9. The number of carbonyl (C=O) groups excluding carboxylic acids is 2. The van der Waals surface area contributed by atoms with Crippen LogP contribution in [0.3, 0.4) is 0 Å². The third-order valence-electron chi connectivity index (χ3n) is 5.00. The molecule has 2 aromatic carbocycles. The number of hydrogen-bond donors (Lipinski definition) is 1. The molecule has 30 heavy (non-hydrogen) atoms. The predicted molar refractivity (Wildman–Crippen MR) is 119 cm³/mol. The van der Waals surface area contributed by atoms with Crippen LogP contribution in [-0.4, -0.2) is 27.0 Å². The van der Waals surface area contributed by atoms with Crippen LogP contribution >= 0.6 is 27.3 Å². The Kier molecular flexibility index (Phi) is 5.29. The van der Waals surface area contributed by atoms with Gasteiger partial charge in [-0.25, -0.2) is 0 Å². The smallest absolute Gasteiger partial charge is 0.301 e. The average Bonchev–Trinajstić information content (AvgIpc) is 3.25. The standard InChI is InChI=1S/C22H18BrN3O3S/c1-11-4-5-12(2)16(10-11)19(27)17-18(14-6-8-15(23)9-7-14)26(21(29)20(17)28)22-25-24-13(3)30-22/h4-10,18,27H,1-3H3/t18-/m1/s1. The molecule has 6 nitrogen and oxygen atoms in total. The summed E-state index contributed by atoms with van der Waals surface area (Å²) in [7, 11) is 0. The second-order valence-electron chi connectivity index (χ2n) is 7.14. The molecular formula is C22H18BrN3O3S. The van der Waals surface area contributed by atoms with E-state index >= 15 is 0 Å². The summed E-state index contributed by atoms with van der Waals surface area (Å²) in [5.74, 6) is -1.66. The maximum absolute atomic E-state index is 13.1. The maximum Gasteiger partial charge on any atom is 0.301 e. The number of benzene rings is 2. The van der Waals surface area contributed by atoms with Gasteiger partial charge < -0.3 is 5.11 Å². The van der Waals surface area contributed by atoms with E-state index in [1.54, 1.807) is 6.92 Å². The number of Topliss-reactive ketones (excluding diaryl/α,β-unsaturated/α-hetero) is 1. The van der Waals surface area contributed by atoms with Gasteiger partial charge in [0.2, 0.25) is 5.13 Å². The molecule has 152 valence electrons. The molecule has 0 spiro atoms. The van der Waals surface area contributed by atoms with Crippen LogP contribution in [0.2, 0.25) is 0 Å². The summed E-state index contributed by atoms with van der Waals surface area (Å²) in [5, 5.41) is 20.3. The molecule has 1 fully saturated rings. The van der Waals surface area contributed by atoms with Gasteiger partial charge in [0, 0.05) is 10.0 Å². The van der Waals surface area contributed by atoms with Crippen LogP contribution in [0.15, 0.2) is 52.5 Å². The quantitative estimate of drug-likeness (QED) is 0.327. The van der Waals surface area contributed by atoms with Crippen molar-refractivity contribution in [2.75, 3.05) is 4.90 Å². The minimum atomic E-state index is -0.801. The van der Waals surface area contributed by atoms with Crippen molar-refractivity contribution in [1.29, 1.82) is 0 Å². The van der Waals surface area contributed by atoms with Crippen LogP contribution in [-0.2, 0) is 9.59 Å². The van der Waals surface area contributed by atoms with Crippen molar-refractivity contribution in [2.24, 2.45) is 0 Å². The summed E-state index contributed by atoms with van der Waals surface area (Å²) in [4.78, 5) is 27.4. The second kappa shape index (κ2) is 7.77. The number of rotatable bonds is 3. The minimum Gasteiger partial charge on any atom is -0.507 e. The van der Waals surface area contributed by atoms with Crippen LogP contribution in [0.1, 0.15) is 33.3 Å². The van der Waals surface area contributed by atoms with Crippen molar-refractivity contribution in [1.82, 2.24) is 10.2 Å². The van der Waals surface area contributed by atoms with E-state index in [4.69, 9.17) is 0 Å². The van der Waals surface area contributed by atoms with Crippen molar-refractivity contribution >= 4 is 49.8 Å². The van der Waals surface area contributed by atoms with Gasteiger partial charge in [-0.05, 0) is 50.1 Å². The van der Waals surface area contributed by atoms with Gasteiger partial charge in [-0.1, -0.05) is 57.1 Å². The number of aromatic nitrogens is 2. The van der Waals surface area contributed by atoms with Crippen molar-refractivity contribution in [3.63, 3.8) is 0 Å². The van der Waals surface area contributed by atoms with E-state index in [2.05, 4.69) is 26.1 Å². The molecule has 4 rings (SSSR count).